The van der Waals surface area contributed by atoms with Gasteiger partial charge in [-0.2, -0.15) is 0 Å². The molecule has 0 radical (unpaired) electrons. The lowest BCUT2D eigenvalue weighted by molar-refractivity contribution is 0.0953. The van der Waals surface area contributed by atoms with Crippen LogP contribution in [0.3, 0.4) is 0 Å². The molecular formula is C23H21ClN2O2S. The van der Waals surface area contributed by atoms with Crippen molar-refractivity contribution in [2.45, 2.75) is 11.3 Å². The highest BCUT2D eigenvalue weighted by molar-refractivity contribution is 7.98. The van der Waals surface area contributed by atoms with Gasteiger partial charge in [-0.1, -0.05) is 41.9 Å². The summed E-state index contributed by atoms with van der Waals surface area (Å²) in [5.41, 5.74) is 2.73. The summed E-state index contributed by atoms with van der Waals surface area (Å²) in [6, 6.07) is 22.1. The van der Waals surface area contributed by atoms with Crippen molar-refractivity contribution in [1.82, 2.24) is 5.32 Å². The van der Waals surface area contributed by atoms with Crippen LogP contribution < -0.4 is 10.6 Å². The molecule has 0 spiro atoms. The van der Waals surface area contributed by atoms with Crippen LogP contribution in [0.5, 0.6) is 0 Å². The first-order valence-electron chi connectivity index (χ1n) is 9.14. The fourth-order valence-corrected chi connectivity index (χ4v) is 3.42. The summed E-state index contributed by atoms with van der Waals surface area (Å²) in [6.07, 6.45) is 2.71. The maximum atomic E-state index is 12.5. The summed E-state index contributed by atoms with van der Waals surface area (Å²) in [5, 5.41) is 6.12. The molecule has 3 aromatic carbocycles. The highest BCUT2D eigenvalue weighted by Crippen LogP contribution is 2.24. The second-order valence-electron chi connectivity index (χ2n) is 6.37. The molecule has 29 heavy (non-hydrogen) atoms. The van der Waals surface area contributed by atoms with Crippen LogP contribution in [0.2, 0.25) is 5.02 Å². The third-order valence-electron chi connectivity index (χ3n) is 4.37. The van der Waals surface area contributed by atoms with E-state index in [2.05, 4.69) is 10.6 Å². The van der Waals surface area contributed by atoms with Gasteiger partial charge in [-0.15, -0.1) is 11.8 Å². The Hall–Kier alpha value is -2.76. The lowest BCUT2D eigenvalue weighted by Crippen LogP contribution is -2.25. The smallest absolute Gasteiger partial charge is 0.257 e. The lowest BCUT2D eigenvalue weighted by Gasteiger charge is -2.09. The van der Waals surface area contributed by atoms with Gasteiger partial charge in [-0.25, -0.2) is 0 Å². The van der Waals surface area contributed by atoms with Crippen LogP contribution in [0, 0.1) is 0 Å². The Kier molecular flexibility index (Phi) is 7.33. The van der Waals surface area contributed by atoms with Crippen LogP contribution in [-0.4, -0.2) is 24.6 Å². The molecule has 3 rings (SSSR count). The fraction of sp³-hybridized carbons (Fsp3) is 0.130. The average molecular weight is 425 g/mol. The molecular weight excluding hydrogens is 404 g/mol. The Morgan fingerprint density at radius 2 is 1.66 bits per heavy atom. The Morgan fingerprint density at radius 1 is 0.931 bits per heavy atom. The zero-order valence-electron chi connectivity index (χ0n) is 15.9. The first kappa shape index (κ1) is 21.0. The first-order chi connectivity index (χ1) is 14.1. The third kappa shape index (κ3) is 5.86. The van der Waals surface area contributed by atoms with E-state index in [4.69, 9.17) is 11.6 Å². The first-order valence-corrected chi connectivity index (χ1v) is 10.7. The summed E-state index contributed by atoms with van der Waals surface area (Å²) in [4.78, 5) is 25.8. The fourth-order valence-electron chi connectivity index (χ4n) is 2.78. The number of carbonyl (C=O) groups excluding carboxylic acids is 2. The molecule has 2 N–H and O–H groups in total. The summed E-state index contributed by atoms with van der Waals surface area (Å²) >= 11 is 7.69. The van der Waals surface area contributed by atoms with Gasteiger partial charge >= 0.3 is 0 Å². The number of rotatable bonds is 7. The van der Waals surface area contributed by atoms with Gasteiger partial charge in [0.1, 0.15) is 0 Å². The molecule has 4 nitrogen and oxygen atoms in total. The van der Waals surface area contributed by atoms with Gasteiger partial charge in [0.2, 0.25) is 0 Å². The van der Waals surface area contributed by atoms with Gasteiger partial charge in [0.25, 0.3) is 11.8 Å². The van der Waals surface area contributed by atoms with E-state index in [1.54, 1.807) is 48.2 Å². The molecule has 0 aliphatic heterocycles. The molecule has 148 valence electrons. The SMILES string of the molecule is CSc1ccc(Cl)c(C(=O)Nc2ccc(C(=O)NCCc3ccccc3)cc2)c1. The topological polar surface area (TPSA) is 58.2 Å². The van der Waals surface area contributed by atoms with Crippen molar-refractivity contribution in [3.8, 4) is 0 Å². The molecule has 2 amide bonds. The van der Waals surface area contributed by atoms with E-state index in [1.165, 1.54) is 5.56 Å². The van der Waals surface area contributed by atoms with E-state index in [1.807, 2.05) is 42.7 Å². The van der Waals surface area contributed by atoms with Gasteiger partial charge in [0, 0.05) is 22.7 Å². The maximum absolute atomic E-state index is 12.5. The molecule has 0 aliphatic carbocycles. The predicted octanol–water partition coefficient (Wildman–Crippen LogP) is 5.29. The van der Waals surface area contributed by atoms with Crippen LogP contribution >= 0.6 is 23.4 Å². The number of anilines is 1. The molecule has 0 fully saturated rings. The van der Waals surface area contributed by atoms with Crippen molar-refractivity contribution < 1.29 is 9.59 Å². The van der Waals surface area contributed by atoms with E-state index in [0.717, 1.165) is 11.3 Å². The highest BCUT2D eigenvalue weighted by Gasteiger charge is 2.12. The minimum atomic E-state index is -0.286. The highest BCUT2D eigenvalue weighted by atomic mass is 35.5. The molecule has 0 heterocycles. The van der Waals surface area contributed by atoms with Crippen molar-refractivity contribution >= 4 is 40.9 Å². The summed E-state index contributed by atoms with van der Waals surface area (Å²) in [6.45, 7) is 0.561. The Labute approximate surface area is 179 Å². The molecule has 0 aromatic heterocycles. The van der Waals surface area contributed by atoms with Crippen molar-refractivity contribution in [3.63, 3.8) is 0 Å². The Balaban J connectivity index is 1.57. The Bertz CT molecular complexity index is 992. The minimum absolute atomic E-state index is 0.144. The lowest BCUT2D eigenvalue weighted by atomic mass is 10.1. The molecule has 0 bridgehead atoms. The van der Waals surface area contributed by atoms with E-state index >= 15 is 0 Å². The number of nitrogens with one attached hydrogen (secondary N) is 2. The van der Waals surface area contributed by atoms with Crippen molar-refractivity contribution in [2.24, 2.45) is 0 Å². The maximum Gasteiger partial charge on any atom is 0.257 e. The Morgan fingerprint density at radius 3 is 2.34 bits per heavy atom. The van der Waals surface area contributed by atoms with Gasteiger partial charge in [0.15, 0.2) is 0 Å². The monoisotopic (exact) mass is 424 g/mol. The molecule has 3 aromatic rings. The molecule has 6 heteroatoms. The normalized spacial score (nSPS) is 10.4. The van der Waals surface area contributed by atoms with Gasteiger partial charge in [-0.05, 0) is 60.7 Å². The summed E-state index contributed by atoms with van der Waals surface area (Å²) < 4.78 is 0. The van der Waals surface area contributed by atoms with Crippen LogP contribution in [-0.2, 0) is 6.42 Å². The van der Waals surface area contributed by atoms with Gasteiger partial charge in [-0.3, -0.25) is 9.59 Å². The number of hydrogen-bond acceptors (Lipinski definition) is 3. The van der Waals surface area contributed by atoms with Gasteiger partial charge in [0.05, 0.1) is 10.6 Å². The zero-order valence-corrected chi connectivity index (χ0v) is 17.5. The number of hydrogen-bond donors (Lipinski definition) is 2. The van der Waals surface area contributed by atoms with Crippen LogP contribution in [0.1, 0.15) is 26.3 Å². The second-order valence-corrected chi connectivity index (χ2v) is 7.66. The van der Waals surface area contributed by atoms with E-state index in [0.29, 0.717) is 28.4 Å². The zero-order chi connectivity index (χ0) is 20.6. The largest absolute Gasteiger partial charge is 0.352 e. The van der Waals surface area contributed by atoms with E-state index in [9.17, 15) is 9.59 Å². The number of benzene rings is 3. The quantitative estimate of drug-likeness (QED) is 0.507. The summed E-state index contributed by atoms with van der Waals surface area (Å²) in [5.74, 6) is -0.430. The number of thioether (sulfide) groups is 1. The van der Waals surface area contributed by atoms with E-state index < -0.39 is 0 Å². The number of halogens is 1. The average Bonchev–Trinajstić information content (AvgIpc) is 2.75. The number of amides is 2. The van der Waals surface area contributed by atoms with Crippen molar-refractivity contribution in [1.29, 1.82) is 0 Å². The molecule has 0 saturated carbocycles. The van der Waals surface area contributed by atoms with Crippen molar-refractivity contribution in [2.75, 3.05) is 18.1 Å². The minimum Gasteiger partial charge on any atom is -0.352 e. The standard InChI is InChI=1S/C23H21ClN2O2S/c1-29-19-11-12-21(24)20(15-19)23(28)26-18-9-7-17(8-10-18)22(27)25-14-13-16-5-3-2-4-6-16/h2-12,15H,13-14H2,1H3,(H,25,27)(H,26,28). The second kappa shape index (κ2) is 10.1. The number of carbonyl (C=O) groups is 2. The predicted molar refractivity (Wildman–Crippen MR) is 120 cm³/mol. The molecule has 0 saturated heterocycles. The summed E-state index contributed by atoms with van der Waals surface area (Å²) in [7, 11) is 0. The van der Waals surface area contributed by atoms with Crippen LogP contribution in [0.4, 0.5) is 5.69 Å². The van der Waals surface area contributed by atoms with Gasteiger partial charge < -0.3 is 10.6 Å². The molecule has 0 atom stereocenters. The van der Waals surface area contributed by atoms with Crippen LogP contribution in [0.25, 0.3) is 0 Å². The van der Waals surface area contributed by atoms with Crippen LogP contribution in [0.15, 0.2) is 77.7 Å². The molecule has 0 aliphatic rings. The molecule has 0 unspecified atom stereocenters. The third-order valence-corrected chi connectivity index (χ3v) is 5.42. The van der Waals surface area contributed by atoms with E-state index in [-0.39, 0.29) is 11.8 Å². The van der Waals surface area contributed by atoms with Crippen molar-refractivity contribution in [3.05, 3.63) is 94.5 Å².